The van der Waals surface area contributed by atoms with Gasteiger partial charge in [0, 0.05) is 5.69 Å². The summed E-state index contributed by atoms with van der Waals surface area (Å²) in [6.07, 6.45) is 2.62. The molecule has 0 radical (unpaired) electrons. The van der Waals surface area contributed by atoms with E-state index in [1.54, 1.807) is 17.7 Å². The van der Waals surface area contributed by atoms with Crippen LogP contribution in [0.1, 0.15) is 33.3 Å². The molecule has 0 aliphatic carbocycles. The molecule has 0 amide bonds. The number of esters is 1. The van der Waals surface area contributed by atoms with Gasteiger partial charge in [0.2, 0.25) is 5.82 Å². The summed E-state index contributed by atoms with van der Waals surface area (Å²) in [6, 6.07) is 4.94. The summed E-state index contributed by atoms with van der Waals surface area (Å²) >= 11 is 5.78. The number of aryl methyl sites for hydroxylation is 1. The molecule has 8 heteroatoms. The largest absolute Gasteiger partial charge is 0.463 e. The van der Waals surface area contributed by atoms with Crippen LogP contribution in [0.3, 0.4) is 0 Å². The third-order valence-electron chi connectivity index (χ3n) is 3.77. The van der Waals surface area contributed by atoms with E-state index in [1.807, 2.05) is 19.1 Å². The number of aromatic nitrogens is 4. The Labute approximate surface area is 160 Å². The van der Waals surface area contributed by atoms with E-state index in [9.17, 15) is 9.18 Å². The van der Waals surface area contributed by atoms with Gasteiger partial charge < -0.3 is 4.74 Å². The Bertz CT molecular complexity index is 1080. The molecule has 0 aliphatic rings. The maximum absolute atomic E-state index is 13.8. The second kappa shape index (κ2) is 7.56. The number of methoxy groups -OCH3 is 1. The molecule has 3 aromatic rings. The Balaban J connectivity index is 2.13. The number of pyridine rings is 2. The van der Waals surface area contributed by atoms with Gasteiger partial charge in [-0.15, -0.1) is 0 Å². The molecule has 0 saturated heterocycles. The Morgan fingerprint density at radius 3 is 2.67 bits per heavy atom. The predicted octanol–water partition coefficient (Wildman–Crippen LogP) is 3.26. The van der Waals surface area contributed by atoms with Gasteiger partial charge in [0.1, 0.15) is 10.8 Å². The van der Waals surface area contributed by atoms with E-state index in [4.69, 9.17) is 16.3 Å². The van der Waals surface area contributed by atoms with Crippen LogP contribution in [0.15, 0.2) is 30.6 Å². The maximum Gasteiger partial charge on any atom is 0.374 e. The van der Waals surface area contributed by atoms with Crippen molar-refractivity contribution in [3.63, 3.8) is 0 Å². The summed E-state index contributed by atoms with van der Waals surface area (Å²) in [6.45, 7) is 3.61. The average molecular weight is 385 g/mol. The molecule has 0 fully saturated rings. The van der Waals surface area contributed by atoms with Crippen LogP contribution in [0.5, 0.6) is 0 Å². The molecule has 3 aromatic heterocycles. The highest BCUT2D eigenvalue weighted by Gasteiger charge is 2.21. The molecule has 0 atom stereocenters. The van der Waals surface area contributed by atoms with Gasteiger partial charge in [-0.3, -0.25) is 9.55 Å². The van der Waals surface area contributed by atoms with Gasteiger partial charge in [-0.1, -0.05) is 17.5 Å². The highest BCUT2D eigenvalue weighted by molar-refractivity contribution is 6.29. The molecule has 3 rings (SSSR count). The molecule has 136 valence electrons. The number of nitrogens with zero attached hydrogens (tertiary/aromatic N) is 4. The van der Waals surface area contributed by atoms with E-state index in [2.05, 4.69) is 26.8 Å². The highest BCUT2D eigenvalue weighted by Crippen LogP contribution is 2.19. The number of carbonyl (C=O) groups excluding carboxylic acids is 1. The van der Waals surface area contributed by atoms with Crippen LogP contribution < -0.4 is 0 Å². The Kier molecular flexibility index (Phi) is 5.19. The van der Waals surface area contributed by atoms with Gasteiger partial charge in [-0.05, 0) is 38.0 Å². The molecule has 0 spiro atoms. The lowest BCUT2D eigenvalue weighted by Crippen LogP contribution is -2.11. The van der Waals surface area contributed by atoms with Crippen molar-refractivity contribution in [2.24, 2.45) is 0 Å². The van der Waals surface area contributed by atoms with Crippen molar-refractivity contribution in [3.8, 4) is 17.5 Å². The van der Waals surface area contributed by atoms with E-state index in [0.29, 0.717) is 17.1 Å². The SMILES string of the molecule is COC(=O)c1nc(C#Cc2cc(Cl)ncc2F)c(C)n1-c1ccc(C)nc1. The van der Waals surface area contributed by atoms with Crippen molar-refractivity contribution in [1.82, 2.24) is 19.5 Å². The maximum atomic E-state index is 13.8. The lowest BCUT2D eigenvalue weighted by Gasteiger charge is -2.08. The van der Waals surface area contributed by atoms with Gasteiger partial charge in [0.15, 0.2) is 5.82 Å². The molecular formula is C19H14ClFN4O2. The second-order valence-corrected chi connectivity index (χ2v) is 5.98. The van der Waals surface area contributed by atoms with Gasteiger partial charge in [-0.25, -0.2) is 19.2 Å². The van der Waals surface area contributed by atoms with E-state index in [0.717, 1.165) is 11.9 Å². The van der Waals surface area contributed by atoms with Gasteiger partial charge in [0.05, 0.1) is 36.4 Å². The van der Waals surface area contributed by atoms with Crippen LogP contribution >= 0.6 is 11.6 Å². The number of ether oxygens (including phenoxy) is 1. The van der Waals surface area contributed by atoms with Crippen molar-refractivity contribution < 1.29 is 13.9 Å². The zero-order chi connectivity index (χ0) is 19.6. The lowest BCUT2D eigenvalue weighted by molar-refractivity contribution is 0.0584. The Morgan fingerprint density at radius 2 is 2.00 bits per heavy atom. The van der Waals surface area contributed by atoms with Crippen molar-refractivity contribution >= 4 is 17.6 Å². The zero-order valence-corrected chi connectivity index (χ0v) is 15.5. The molecular weight excluding hydrogens is 371 g/mol. The minimum Gasteiger partial charge on any atom is -0.463 e. The molecule has 0 aromatic carbocycles. The van der Waals surface area contributed by atoms with Crippen LogP contribution in [-0.4, -0.2) is 32.6 Å². The van der Waals surface area contributed by atoms with Crippen LogP contribution in [0.25, 0.3) is 5.69 Å². The number of hydrogen-bond acceptors (Lipinski definition) is 5. The first-order valence-electron chi connectivity index (χ1n) is 7.84. The molecule has 3 heterocycles. The van der Waals surface area contributed by atoms with E-state index in [1.165, 1.54) is 13.2 Å². The topological polar surface area (TPSA) is 69.9 Å². The molecule has 6 nitrogen and oxygen atoms in total. The van der Waals surface area contributed by atoms with E-state index >= 15 is 0 Å². The first-order valence-corrected chi connectivity index (χ1v) is 8.22. The monoisotopic (exact) mass is 384 g/mol. The summed E-state index contributed by atoms with van der Waals surface area (Å²) in [7, 11) is 1.27. The number of imidazole rings is 1. The molecule has 27 heavy (non-hydrogen) atoms. The zero-order valence-electron chi connectivity index (χ0n) is 14.7. The van der Waals surface area contributed by atoms with Crippen molar-refractivity contribution in [1.29, 1.82) is 0 Å². The van der Waals surface area contributed by atoms with Crippen molar-refractivity contribution in [3.05, 3.63) is 70.0 Å². The van der Waals surface area contributed by atoms with Crippen molar-refractivity contribution in [2.75, 3.05) is 7.11 Å². The third-order valence-corrected chi connectivity index (χ3v) is 3.97. The van der Waals surface area contributed by atoms with Gasteiger partial charge >= 0.3 is 5.97 Å². The van der Waals surface area contributed by atoms with Gasteiger partial charge in [0.25, 0.3) is 0 Å². The minimum absolute atomic E-state index is 0.0539. The van der Waals surface area contributed by atoms with E-state index in [-0.39, 0.29) is 16.5 Å². The summed E-state index contributed by atoms with van der Waals surface area (Å²) in [4.78, 5) is 24.3. The fraction of sp³-hybridized carbons (Fsp3) is 0.158. The molecule has 0 saturated carbocycles. The molecule has 0 N–H and O–H groups in total. The number of hydrogen-bond donors (Lipinski definition) is 0. The quantitative estimate of drug-likeness (QED) is 0.385. The van der Waals surface area contributed by atoms with Crippen LogP contribution in [0, 0.1) is 31.5 Å². The minimum atomic E-state index is -0.620. The van der Waals surface area contributed by atoms with Crippen LogP contribution in [-0.2, 0) is 4.74 Å². The smallest absolute Gasteiger partial charge is 0.374 e. The summed E-state index contributed by atoms with van der Waals surface area (Å²) < 4.78 is 20.2. The van der Waals surface area contributed by atoms with Crippen molar-refractivity contribution in [2.45, 2.75) is 13.8 Å². The lowest BCUT2D eigenvalue weighted by atomic mass is 10.2. The normalized spacial score (nSPS) is 10.3. The first kappa shape index (κ1) is 18.5. The predicted molar refractivity (Wildman–Crippen MR) is 97.4 cm³/mol. The standard InChI is InChI=1S/C19H14ClFN4O2/c1-11-4-6-14(9-22-11)25-12(2)16(24-18(25)19(26)27-3)7-5-13-8-17(20)23-10-15(13)21/h4,6,8-10H,1-3H3. The number of halogens is 2. The summed E-state index contributed by atoms with van der Waals surface area (Å²) in [5, 5.41) is 0.129. The Morgan fingerprint density at radius 1 is 1.22 bits per heavy atom. The molecule has 0 bridgehead atoms. The highest BCUT2D eigenvalue weighted by atomic mass is 35.5. The first-order chi connectivity index (χ1) is 12.9. The van der Waals surface area contributed by atoms with Crippen LogP contribution in [0.2, 0.25) is 5.15 Å². The average Bonchev–Trinajstić information content (AvgIpc) is 2.99. The number of carbonyl (C=O) groups is 1. The second-order valence-electron chi connectivity index (χ2n) is 5.59. The van der Waals surface area contributed by atoms with Gasteiger partial charge in [-0.2, -0.15) is 0 Å². The Hall–Kier alpha value is -3.24. The fourth-order valence-electron chi connectivity index (χ4n) is 2.39. The number of rotatable bonds is 2. The summed E-state index contributed by atoms with van der Waals surface area (Å²) in [5.41, 5.74) is 2.45. The fourth-order valence-corrected chi connectivity index (χ4v) is 2.55. The summed E-state index contributed by atoms with van der Waals surface area (Å²) in [5.74, 6) is 4.29. The third kappa shape index (κ3) is 3.81. The van der Waals surface area contributed by atoms with E-state index < -0.39 is 11.8 Å². The van der Waals surface area contributed by atoms with Crippen LogP contribution in [0.4, 0.5) is 4.39 Å². The molecule has 0 unspecified atom stereocenters. The molecule has 0 aliphatic heterocycles.